The smallest absolute Gasteiger partial charge is 0.339 e. The molecule has 0 atom stereocenters. The molecule has 0 saturated heterocycles. The Morgan fingerprint density at radius 3 is 2.73 bits per heavy atom. The summed E-state index contributed by atoms with van der Waals surface area (Å²) in [6.45, 7) is 6.81. The molecule has 1 aliphatic heterocycles. The van der Waals surface area contributed by atoms with E-state index in [9.17, 15) is 4.79 Å². The highest BCUT2D eigenvalue weighted by molar-refractivity contribution is 5.95. The summed E-state index contributed by atoms with van der Waals surface area (Å²) in [6, 6.07) is 4.19. The zero-order valence-electron chi connectivity index (χ0n) is 9.46. The first-order valence-corrected chi connectivity index (χ1v) is 5.47. The van der Waals surface area contributed by atoms with Crippen molar-refractivity contribution in [3.05, 3.63) is 34.4 Å². The van der Waals surface area contributed by atoms with Crippen LogP contribution in [0.4, 0.5) is 0 Å². The Morgan fingerprint density at radius 2 is 2.13 bits per heavy atom. The summed E-state index contributed by atoms with van der Waals surface area (Å²) >= 11 is 0. The first-order valence-electron chi connectivity index (χ1n) is 5.47. The molecule has 2 heteroatoms. The number of ether oxygens (including phenoxy) is 1. The van der Waals surface area contributed by atoms with Crippen LogP contribution in [0.2, 0.25) is 0 Å². The summed E-state index contributed by atoms with van der Waals surface area (Å²) in [7, 11) is 0. The number of cyclic esters (lactones) is 1. The van der Waals surface area contributed by atoms with Crippen molar-refractivity contribution in [2.45, 2.75) is 39.7 Å². The van der Waals surface area contributed by atoms with Gasteiger partial charge in [0.2, 0.25) is 0 Å². The Morgan fingerprint density at radius 1 is 1.40 bits per heavy atom. The highest BCUT2D eigenvalue weighted by atomic mass is 16.5. The lowest BCUT2D eigenvalue weighted by molar-refractivity contribution is 0.0534. The van der Waals surface area contributed by atoms with Crippen molar-refractivity contribution in [2.75, 3.05) is 0 Å². The third-order valence-electron chi connectivity index (χ3n) is 2.99. The molecule has 0 fully saturated rings. The van der Waals surface area contributed by atoms with E-state index in [1.807, 2.05) is 0 Å². The molecule has 0 amide bonds. The lowest BCUT2D eigenvalue weighted by atomic mass is 9.91. The Hall–Kier alpha value is -1.31. The fourth-order valence-electron chi connectivity index (χ4n) is 2.17. The van der Waals surface area contributed by atoms with Gasteiger partial charge in [0.25, 0.3) is 0 Å². The molecule has 2 rings (SSSR count). The Bertz CT molecular complexity index is 405. The van der Waals surface area contributed by atoms with E-state index in [4.69, 9.17) is 4.74 Å². The van der Waals surface area contributed by atoms with Gasteiger partial charge < -0.3 is 4.74 Å². The highest BCUT2D eigenvalue weighted by Crippen LogP contribution is 2.31. The first-order chi connectivity index (χ1) is 7.15. The molecule has 0 unspecified atom stereocenters. The normalized spacial score (nSPS) is 14.3. The van der Waals surface area contributed by atoms with Gasteiger partial charge in [0, 0.05) is 5.56 Å². The van der Waals surface area contributed by atoms with Gasteiger partial charge in [-0.2, -0.15) is 0 Å². The third kappa shape index (κ3) is 1.54. The number of benzene rings is 1. The zero-order chi connectivity index (χ0) is 11.0. The van der Waals surface area contributed by atoms with Gasteiger partial charge >= 0.3 is 5.97 Å². The van der Waals surface area contributed by atoms with Crippen molar-refractivity contribution < 1.29 is 9.53 Å². The van der Waals surface area contributed by atoms with Crippen molar-refractivity contribution in [1.82, 2.24) is 0 Å². The van der Waals surface area contributed by atoms with E-state index < -0.39 is 0 Å². The van der Waals surface area contributed by atoms with Crippen LogP contribution in [0.5, 0.6) is 0 Å². The van der Waals surface area contributed by atoms with Gasteiger partial charge in [-0.05, 0) is 23.5 Å². The molecule has 1 aromatic rings. The summed E-state index contributed by atoms with van der Waals surface area (Å²) < 4.78 is 5.12. The number of carbonyl (C=O) groups excluding carboxylic acids is 1. The topological polar surface area (TPSA) is 26.3 Å². The van der Waals surface area contributed by atoms with Crippen LogP contribution in [-0.4, -0.2) is 5.97 Å². The van der Waals surface area contributed by atoms with Crippen LogP contribution in [0.15, 0.2) is 12.1 Å². The van der Waals surface area contributed by atoms with Gasteiger partial charge in [-0.1, -0.05) is 32.9 Å². The van der Waals surface area contributed by atoms with Crippen molar-refractivity contribution >= 4 is 5.97 Å². The van der Waals surface area contributed by atoms with Gasteiger partial charge in [-0.3, -0.25) is 0 Å². The molecule has 0 aromatic heterocycles. The molecule has 80 valence electrons. The summed E-state index contributed by atoms with van der Waals surface area (Å²) in [5, 5.41) is 0. The molecular formula is C13H16O2. The van der Waals surface area contributed by atoms with Crippen molar-refractivity contribution in [1.29, 1.82) is 0 Å². The number of rotatable bonds is 2. The van der Waals surface area contributed by atoms with Gasteiger partial charge in [0.1, 0.15) is 6.61 Å². The maximum Gasteiger partial charge on any atom is 0.339 e. The molecule has 1 aromatic carbocycles. The number of hydrogen-bond donors (Lipinski definition) is 0. The fourth-order valence-corrected chi connectivity index (χ4v) is 2.17. The lowest BCUT2D eigenvalue weighted by Crippen LogP contribution is -2.02. The van der Waals surface area contributed by atoms with Crippen LogP contribution < -0.4 is 0 Å². The van der Waals surface area contributed by atoms with Gasteiger partial charge in [0.15, 0.2) is 0 Å². The molecule has 0 spiro atoms. The maximum absolute atomic E-state index is 11.6. The fraction of sp³-hybridized carbons (Fsp3) is 0.462. The van der Waals surface area contributed by atoms with E-state index in [2.05, 4.69) is 32.9 Å². The molecule has 1 aliphatic rings. The van der Waals surface area contributed by atoms with Crippen molar-refractivity contribution in [2.24, 2.45) is 0 Å². The average Bonchev–Trinajstić information content (AvgIpc) is 2.60. The summed E-state index contributed by atoms with van der Waals surface area (Å²) in [6.07, 6.45) is 0.885. The van der Waals surface area contributed by atoms with Gasteiger partial charge in [-0.25, -0.2) is 4.79 Å². The quantitative estimate of drug-likeness (QED) is 0.692. The maximum atomic E-state index is 11.6. The zero-order valence-corrected chi connectivity index (χ0v) is 9.46. The molecule has 0 N–H and O–H groups in total. The minimum absolute atomic E-state index is 0.149. The van der Waals surface area contributed by atoms with Crippen LogP contribution >= 0.6 is 0 Å². The largest absolute Gasteiger partial charge is 0.457 e. The first kappa shape index (κ1) is 10.2. The summed E-state index contributed by atoms with van der Waals surface area (Å²) in [5.74, 6) is 0.295. The van der Waals surface area contributed by atoms with Gasteiger partial charge in [0.05, 0.1) is 5.56 Å². The average molecular weight is 204 g/mol. The number of fused-ring (bicyclic) bond motifs is 1. The number of carbonyl (C=O) groups is 1. The minimum Gasteiger partial charge on any atom is -0.457 e. The second-order valence-electron chi connectivity index (χ2n) is 4.25. The summed E-state index contributed by atoms with van der Waals surface area (Å²) in [4.78, 5) is 11.6. The molecule has 1 heterocycles. The molecule has 15 heavy (non-hydrogen) atoms. The number of esters is 1. The summed E-state index contributed by atoms with van der Waals surface area (Å²) in [5.41, 5.74) is 4.28. The number of hydrogen-bond acceptors (Lipinski definition) is 2. The van der Waals surface area contributed by atoms with E-state index in [-0.39, 0.29) is 5.97 Å². The SMILES string of the molecule is CCc1ccc(C(C)C)c2c1C(=O)OC2. The molecule has 0 aliphatic carbocycles. The molecule has 0 radical (unpaired) electrons. The predicted molar refractivity (Wildman–Crippen MR) is 59.0 cm³/mol. The monoisotopic (exact) mass is 204 g/mol. The van der Waals surface area contributed by atoms with Crippen LogP contribution in [0.3, 0.4) is 0 Å². The molecule has 0 saturated carbocycles. The predicted octanol–water partition coefficient (Wildman–Crippen LogP) is 3.04. The Labute approximate surface area is 90.3 Å². The van der Waals surface area contributed by atoms with E-state index in [0.717, 1.165) is 23.1 Å². The molecule has 0 bridgehead atoms. The Kier molecular flexibility index (Phi) is 2.51. The molecular weight excluding hydrogens is 188 g/mol. The lowest BCUT2D eigenvalue weighted by Gasteiger charge is -2.11. The van der Waals surface area contributed by atoms with Crippen LogP contribution in [0, 0.1) is 0 Å². The van der Waals surface area contributed by atoms with E-state index in [1.54, 1.807) is 0 Å². The van der Waals surface area contributed by atoms with E-state index in [1.165, 1.54) is 5.56 Å². The van der Waals surface area contributed by atoms with Crippen LogP contribution in [-0.2, 0) is 17.8 Å². The van der Waals surface area contributed by atoms with E-state index >= 15 is 0 Å². The standard InChI is InChI=1S/C13H16O2/c1-4-9-5-6-10(8(2)3)11-7-15-13(14)12(9)11/h5-6,8H,4,7H2,1-3H3. The molecule has 2 nitrogen and oxygen atoms in total. The second-order valence-corrected chi connectivity index (χ2v) is 4.25. The third-order valence-corrected chi connectivity index (χ3v) is 2.99. The van der Waals surface area contributed by atoms with Crippen molar-refractivity contribution in [3.8, 4) is 0 Å². The second kappa shape index (κ2) is 3.69. The number of aryl methyl sites for hydroxylation is 1. The van der Waals surface area contributed by atoms with E-state index in [0.29, 0.717) is 12.5 Å². The van der Waals surface area contributed by atoms with Crippen LogP contribution in [0.1, 0.15) is 53.7 Å². The Balaban J connectivity index is 2.62. The minimum atomic E-state index is -0.149. The van der Waals surface area contributed by atoms with Crippen LogP contribution in [0.25, 0.3) is 0 Å². The highest BCUT2D eigenvalue weighted by Gasteiger charge is 2.27. The van der Waals surface area contributed by atoms with Crippen molar-refractivity contribution in [3.63, 3.8) is 0 Å². The van der Waals surface area contributed by atoms with Gasteiger partial charge in [-0.15, -0.1) is 0 Å².